The Hall–Kier alpha value is -3.50. The fourth-order valence-electron chi connectivity index (χ4n) is 2.69. The van der Waals surface area contributed by atoms with E-state index in [9.17, 15) is 0 Å². The second-order valence-electron chi connectivity index (χ2n) is 5.85. The maximum atomic E-state index is 9.04. The smallest absolute Gasteiger partial charge is 0.146 e. The number of hydrogen-bond acceptors (Lipinski definition) is 8. The Kier molecular flexibility index (Phi) is 5.59. The number of hydrogen-bond donors (Lipinski definition) is 0. The Balaban J connectivity index is 1.96. The molecule has 0 spiro atoms. The van der Waals surface area contributed by atoms with Crippen molar-refractivity contribution in [2.45, 2.75) is 0 Å². The van der Waals surface area contributed by atoms with E-state index in [1.807, 2.05) is 48.5 Å². The summed E-state index contributed by atoms with van der Waals surface area (Å²) in [5, 5.41) is 36.1. The first-order chi connectivity index (χ1) is 14.7. The number of nitriles is 4. The highest BCUT2D eigenvalue weighted by molar-refractivity contribution is 7.14. The predicted molar refractivity (Wildman–Crippen MR) is 119 cm³/mol. The SMILES string of the molecule is N#CC(C#N)=c1cc/c(=c2\cc/c(=c3\cc/c(=c4\ccc(=C(C#N)C#N)s4)s3)s2)s1. The molecular formula is C22H8N4S4. The molecule has 8 heteroatoms. The fourth-order valence-corrected chi connectivity index (χ4v) is 6.87. The van der Waals surface area contributed by atoms with Crippen LogP contribution in [0.1, 0.15) is 0 Å². The van der Waals surface area contributed by atoms with Crippen molar-refractivity contribution in [3.05, 3.63) is 84.8 Å². The molecule has 0 unspecified atom stereocenters. The molecule has 4 aromatic rings. The van der Waals surface area contributed by atoms with Crippen LogP contribution in [0.15, 0.2) is 48.5 Å². The molecule has 4 heterocycles. The van der Waals surface area contributed by atoms with Crippen LogP contribution in [0.3, 0.4) is 0 Å². The van der Waals surface area contributed by atoms with Gasteiger partial charge in [-0.2, -0.15) is 21.0 Å². The summed E-state index contributed by atoms with van der Waals surface area (Å²) in [4.78, 5) is 0. The lowest BCUT2D eigenvalue weighted by Crippen LogP contribution is -1.93. The number of thiophene rings is 4. The molecule has 30 heavy (non-hydrogen) atoms. The molecule has 0 saturated heterocycles. The van der Waals surface area contributed by atoms with Crippen LogP contribution >= 0.6 is 45.3 Å². The first-order valence-corrected chi connectivity index (χ1v) is 11.7. The Morgan fingerprint density at radius 1 is 0.433 bits per heavy atom. The Bertz CT molecular complexity index is 1690. The number of rotatable bonds is 0. The molecule has 0 N–H and O–H groups in total. The molecule has 0 saturated carbocycles. The van der Waals surface area contributed by atoms with Crippen molar-refractivity contribution in [3.63, 3.8) is 0 Å². The van der Waals surface area contributed by atoms with Gasteiger partial charge in [-0.3, -0.25) is 0 Å². The Morgan fingerprint density at radius 3 is 1.00 bits per heavy atom. The van der Waals surface area contributed by atoms with Gasteiger partial charge in [0.25, 0.3) is 0 Å². The highest BCUT2D eigenvalue weighted by Gasteiger charge is 1.99. The average molecular weight is 457 g/mol. The molecule has 4 aromatic heterocycles. The summed E-state index contributed by atoms with van der Waals surface area (Å²) in [7, 11) is 0. The van der Waals surface area contributed by atoms with Crippen molar-refractivity contribution in [1.82, 2.24) is 0 Å². The van der Waals surface area contributed by atoms with E-state index in [1.165, 1.54) is 22.7 Å². The van der Waals surface area contributed by atoms with Crippen LogP contribution in [-0.4, -0.2) is 0 Å². The topological polar surface area (TPSA) is 95.2 Å². The van der Waals surface area contributed by atoms with E-state index in [1.54, 1.807) is 22.7 Å². The van der Waals surface area contributed by atoms with E-state index in [4.69, 9.17) is 21.0 Å². The van der Waals surface area contributed by atoms with E-state index in [2.05, 4.69) is 24.3 Å². The lowest BCUT2D eigenvalue weighted by molar-refractivity contribution is 1.51. The van der Waals surface area contributed by atoms with Crippen LogP contribution in [0, 0.1) is 72.5 Å². The molecule has 0 radical (unpaired) electrons. The van der Waals surface area contributed by atoms with Crippen LogP contribution in [0.5, 0.6) is 0 Å². The normalized spacial score (nSPS) is 13.5. The van der Waals surface area contributed by atoms with E-state index in [0.29, 0.717) is 9.06 Å². The summed E-state index contributed by atoms with van der Waals surface area (Å²) in [6.07, 6.45) is 0. The molecule has 0 atom stereocenters. The first-order valence-electron chi connectivity index (χ1n) is 8.42. The van der Waals surface area contributed by atoms with Crippen molar-refractivity contribution in [2.24, 2.45) is 0 Å². The minimum Gasteiger partial charge on any atom is -0.192 e. The maximum Gasteiger partial charge on any atom is 0.146 e. The van der Waals surface area contributed by atoms with Crippen LogP contribution in [0.25, 0.3) is 11.1 Å². The fraction of sp³-hybridized carbons (Fsp3) is 0. The second-order valence-corrected chi connectivity index (χ2v) is 10.2. The molecule has 0 aliphatic heterocycles. The van der Waals surface area contributed by atoms with Gasteiger partial charge in [0.1, 0.15) is 35.4 Å². The zero-order chi connectivity index (χ0) is 21.1. The minimum atomic E-state index is 0.134. The van der Waals surface area contributed by atoms with Gasteiger partial charge in [0.05, 0.1) is 9.06 Å². The van der Waals surface area contributed by atoms with Gasteiger partial charge in [-0.25, -0.2) is 0 Å². The van der Waals surface area contributed by atoms with Crippen molar-refractivity contribution < 1.29 is 0 Å². The molecule has 0 bridgehead atoms. The molecule has 0 aromatic carbocycles. The van der Waals surface area contributed by atoms with Gasteiger partial charge in [-0.05, 0) is 48.5 Å². The lowest BCUT2D eigenvalue weighted by Gasteiger charge is -1.75. The molecular weight excluding hydrogens is 449 g/mol. The highest BCUT2D eigenvalue weighted by Crippen LogP contribution is 2.16. The number of nitrogens with zero attached hydrogens (tertiary/aromatic N) is 4. The lowest BCUT2D eigenvalue weighted by atomic mass is 10.3. The van der Waals surface area contributed by atoms with Gasteiger partial charge in [-0.1, -0.05) is 0 Å². The van der Waals surface area contributed by atoms with Crippen LogP contribution in [-0.2, 0) is 0 Å². The summed E-state index contributed by atoms with van der Waals surface area (Å²) in [6.45, 7) is 0. The van der Waals surface area contributed by atoms with Crippen LogP contribution in [0.2, 0.25) is 0 Å². The average Bonchev–Trinajstić information content (AvgIpc) is 3.55. The van der Waals surface area contributed by atoms with E-state index in [-0.39, 0.29) is 11.1 Å². The van der Waals surface area contributed by atoms with E-state index in [0.717, 1.165) is 27.2 Å². The first kappa shape index (κ1) is 19.8. The Labute approximate surface area is 185 Å². The summed E-state index contributed by atoms with van der Waals surface area (Å²) in [5.41, 5.74) is 0.267. The quantitative estimate of drug-likeness (QED) is 0.396. The van der Waals surface area contributed by atoms with E-state index < -0.39 is 0 Å². The zero-order valence-corrected chi connectivity index (χ0v) is 18.3. The summed E-state index contributed by atoms with van der Waals surface area (Å²) >= 11 is 6.21. The highest BCUT2D eigenvalue weighted by atomic mass is 32.1. The zero-order valence-electron chi connectivity index (χ0n) is 15.0. The van der Waals surface area contributed by atoms with Crippen molar-refractivity contribution in [3.8, 4) is 24.3 Å². The summed E-state index contributed by atoms with van der Waals surface area (Å²) in [6, 6.07) is 23.5. The molecule has 0 amide bonds. The predicted octanol–water partition coefficient (Wildman–Crippen LogP) is 4.19. The van der Waals surface area contributed by atoms with Gasteiger partial charge in [0.15, 0.2) is 0 Å². The third-order valence-electron chi connectivity index (χ3n) is 4.09. The molecule has 0 aliphatic rings. The molecule has 4 rings (SSSR count). The van der Waals surface area contributed by atoms with Gasteiger partial charge < -0.3 is 0 Å². The third kappa shape index (κ3) is 3.70. The van der Waals surface area contributed by atoms with Crippen molar-refractivity contribution in [1.29, 1.82) is 21.0 Å². The van der Waals surface area contributed by atoms with Crippen LogP contribution in [0.4, 0.5) is 0 Å². The van der Waals surface area contributed by atoms with E-state index >= 15 is 0 Å². The third-order valence-corrected chi connectivity index (χ3v) is 9.06. The molecule has 4 nitrogen and oxygen atoms in total. The monoisotopic (exact) mass is 456 g/mol. The molecule has 0 fully saturated rings. The summed E-state index contributed by atoms with van der Waals surface area (Å²) in [5.74, 6) is 0. The largest absolute Gasteiger partial charge is 0.192 e. The van der Waals surface area contributed by atoms with Crippen LogP contribution < -0.4 is 9.06 Å². The second kappa shape index (κ2) is 8.47. The Morgan fingerprint density at radius 2 is 0.700 bits per heavy atom. The maximum absolute atomic E-state index is 9.04. The van der Waals surface area contributed by atoms with Gasteiger partial charge in [0.2, 0.25) is 0 Å². The standard InChI is InChI=1S/C22H8N4S4/c23-9-13(10-24)15-1-3-17(27-15)19-5-7-21(29-19)22-8-6-20(30-22)18-4-2-16(28-18)14(11-25)12-26/h1-8H/b19-17-,20-18-,22-21-. The summed E-state index contributed by atoms with van der Waals surface area (Å²) < 4.78 is 7.88. The van der Waals surface area contributed by atoms with Crippen molar-refractivity contribution in [2.75, 3.05) is 0 Å². The van der Waals surface area contributed by atoms with Gasteiger partial charge in [0, 0.05) is 27.2 Å². The van der Waals surface area contributed by atoms with Gasteiger partial charge in [-0.15, -0.1) is 45.3 Å². The molecule has 140 valence electrons. The van der Waals surface area contributed by atoms with Gasteiger partial charge >= 0.3 is 0 Å². The minimum absolute atomic E-state index is 0.134. The molecule has 0 aliphatic carbocycles. The van der Waals surface area contributed by atoms with Crippen molar-refractivity contribution >= 4 is 56.5 Å².